The Morgan fingerprint density at radius 2 is 1.69 bits per heavy atom. The number of unbranched alkanes of at least 4 members (excludes halogenated alkanes) is 2. The largest absolute Gasteiger partial charge is 0.490 e. The maximum absolute atomic E-state index is 5.67. The quantitative estimate of drug-likeness (QED) is 0.509. The van der Waals surface area contributed by atoms with E-state index >= 15 is 0 Å². The van der Waals surface area contributed by atoms with E-state index in [2.05, 4.69) is 0 Å². The molecule has 1 rings (SSSR count). The number of ether oxygens (including phenoxy) is 2. The van der Waals surface area contributed by atoms with E-state index < -0.39 is 0 Å². The maximum Gasteiger partial charge on any atom is 0.161 e. The van der Waals surface area contributed by atoms with Crippen LogP contribution in [-0.4, -0.2) is 19.1 Å². The van der Waals surface area contributed by atoms with Gasteiger partial charge in [0.1, 0.15) is 0 Å². The zero-order chi connectivity index (χ0) is 11.6. The summed E-state index contributed by atoms with van der Waals surface area (Å²) in [4.78, 5) is 0. The predicted octanol–water partition coefficient (Wildman–Crippen LogP) is 3.87. The van der Waals surface area contributed by atoms with E-state index in [0.29, 0.717) is 6.61 Å². The summed E-state index contributed by atoms with van der Waals surface area (Å²) in [5, 5.41) is 0. The van der Waals surface area contributed by atoms with Crippen molar-refractivity contribution < 1.29 is 9.47 Å². The molecule has 0 saturated carbocycles. The second-order valence-corrected chi connectivity index (χ2v) is 3.86. The van der Waals surface area contributed by atoms with Crippen LogP contribution in [-0.2, 0) is 0 Å². The van der Waals surface area contributed by atoms with Crippen LogP contribution >= 0.6 is 11.6 Å². The van der Waals surface area contributed by atoms with Crippen LogP contribution in [0.3, 0.4) is 0 Å². The van der Waals surface area contributed by atoms with Crippen LogP contribution in [0.2, 0.25) is 0 Å². The molecule has 0 unspecified atom stereocenters. The van der Waals surface area contributed by atoms with Gasteiger partial charge < -0.3 is 9.47 Å². The Labute approximate surface area is 103 Å². The van der Waals surface area contributed by atoms with Crippen LogP contribution in [0.15, 0.2) is 24.3 Å². The van der Waals surface area contributed by atoms with Gasteiger partial charge in [0.25, 0.3) is 0 Å². The van der Waals surface area contributed by atoms with Gasteiger partial charge in [0.2, 0.25) is 0 Å². The highest BCUT2D eigenvalue weighted by atomic mass is 35.5. The van der Waals surface area contributed by atoms with Gasteiger partial charge in [0.05, 0.1) is 13.2 Å². The number of benzene rings is 1. The van der Waals surface area contributed by atoms with Crippen molar-refractivity contribution in [3.05, 3.63) is 24.3 Å². The first-order valence-electron chi connectivity index (χ1n) is 5.79. The van der Waals surface area contributed by atoms with E-state index in [-0.39, 0.29) is 0 Å². The zero-order valence-corrected chi connectivity index (χ0v) is 10.5. The first-order chi connectivity index (χ1) is 7.88. The minimum absolute atomic E-state index is 0.659. The summed E-state index contributed by atoms with van der Waals surface area (Å²) in [7, 11) is 0. The van der Waals surface area contributed by atoms with Gasteiger partial charge in [-0.15, -0.1) is 11.6 Å². The van der Waals surface area contributed by atoms with Gasteiger partial charge in [-0.3, -0.25) is 0 Å². The highest BCUT2D eigenvalue weighted by Crippen LogP contribution is 2.26. The average Bonchev–Trinajstić information content (AvgIpc) is 2.31. The van der Waals surface area contributed by atoms with Crippen LogP contribution in [0.5, 0.6) is 11.5 Å². The molecule has 0 spiro atoms. The van der Waals surface area contributed by atoms with Crippen LogP contribution in [0.1, 0.15) is 26.2 Å². The summed E-state index contributed by atoms with van der Waals surface area (Å²) in [6, 6.07) is 7.77. The number of hydrogen-bond acceptors (Lipinski definition) is 2. The Morgan fingerprint density at radius 1 is 1.00 bits per heavy atom. The average molecular weight is 243 g/mol. The Morgan fingerprint density at radius 3 is 2.31 bits per heavy atom. The third kappa shape index (κ3) is 4.75. The van der Waals surface area contributed by atoms with Crippen LogP contribution in [0, 0.1) is 0 Å². The lowest BCUT2D eigenvalue weighted by atomic mass is 10.2. The van der Waals surface area contributed by atoms with Crippen molar-refractivity contribution in [2.24, 2.45) is 0 Å². The van der Waals surface area contributed by atoms with E-state index in [1.54, 1.807) is 0 Å². The third-order valence-corrected chi connectivity index (χ3v) is 2.45. The fourth-order valence-corrected chi connectivity index (χ4v) is 1.59. The molecular formula is C13H19ClO2. The van der Waals surface area contributed by atoms with Crippen molar-refractivity contribution in [1.82, 2.24) is 0 Å². The molecular weight excluding hydrogens is 224 g/mol. The molecule has 2 nitrogen and oxygen atoms in total. The van der Waals surface area contributed by atoms with Gasteiger partial charge in [-0.25, -0.2) is 0 Å². The summed E-state index contributed by atoms with van der Waals surface area (Å²) >= 11 is 5.60. The third-order valence-electron chi connectivity index (χ3n) is 2.18. The van der Waals surface area contributed by atoms with Crippen LogP contribution in [0.25, 0.3) is 0 Å². The lowest BCUT2D eigenvalue weighted by Gasteiger charge is -2.11. The highest BCUT2D eigenvalue weighted by Gasteiger charge is 2.02. The van der Waals surface area contributed by atoms with E-state index in [4.69, 9.17) is 21.1 Å². The van der Waals surface area contributed by atoms with Crippen molar-refractivity contribution in [3.8, 4) is 11.5 Å². The Kier molecular flexibility index (Phi) is 6.82. The van der Waals surface area contributed by atoms with Crippen molar-refractivity contribution >= 4 is 11.6 Å². The lowest BCUT2D eigenvalue weighted by molar-refractivity contribution is 0.271. The molecule has 3 heteroatoms. The number of rotatable bonds is 8. The topological polar surface area (TPSA) is 18.5 Å². The molecule has 0 radical (unpaired) electrons. The van der Waals surface area contributed by atoms with Crippen molar-refractivity contribution in [3.63, 3.8) is 0 Å². The summed E-state index contributed by atoms with van der Waals surface area (Å²) in [6.45, 7) is 3.35. The molecule has 0 aliphatic carbocycles. The first kappa shape index (κ1) is 13.2. The Bertz CT molecular complexity index is 289. The first-order valence-corrected chi connectivity index (χ1v) is 6.32. The summed E-state index contributed by atoms with van der Waals surface area (Å²) in [5.41, 5.74) is 0. The molecule has 0 atom stereocenters. The van der Waals surface area contributed by atoms with Crippen molar-refractivity contribution in [2.45, 2.75) is 26.2 Å². The molecule has 1 aromatic carbocycles. The SMILES string of the molecule is CCOc1ccccc1OCCCCCCl. The summed E-state index contributed by atoms with van der Waals surface area (Å²) < 4.78 is 11.1. The van der Waals surface area contributed by atoms with E-state index in [1.165, 1.54) is 0 Å². The van der Waals surface area contributed by atoms with E-state index in [9.17, 15) is 0 Å². The minimum atomic E-state index is 0.659. The van der Waals surface area contributed by atoms with Gasteiger partial charge in [-0.2, -0.15) is 0 Å². The number of hydrogen-bond donors (Lipinski definition) is 0. The maximum atomic E-state index is 5.67. The smallest absolute Gasteiger partial charge is 0.161 e. The zero-order valence-electron chi connectivity index (χ0n) is 9.75. The number of para-hydroxylation sites is 2. The lowest BCUT2D eigenvalue weighted by Crippen LogP contribution is -2.00. The highest BCUT2D eigenvalue weighted by molar-refractivity contribution is 6.17. The van der Waals surface area contributed by atoms with Gasteiger partial charge >= 0.3 is 0 Å². The van der Waals surface area contributed by atoms with Gasteiger partial charge in [-0.05, 0) is 38.3 Å². The number of alkyl halides is 1. The van der Waals surface area contributed by atoms with Crippen LogP contribution < -0.4 is 9.47 Å². The Balaban J connectivity index is 2.34. The van der Waals surface area contributed by atoms with E-state index in [1.807, 2.05) is 31.2 Å². The molecule has 0 amide bonds. The molecule has 0 bridgehead atoms. The molecule has 1 aromatic rings. The molecule has 0 fully saturated rings. The van der Waals surface area contributed by atoms with Gasteiger partial charge in [0.15, 0.2) is 11.5 Å². The molecule has 0 aliphatic heterocycles. The van der Waals surface area contributed by atoms with E-state index in [0.717, 1.165) is 43.2 Å². The van der Waals surface area contributed by atoms with Gasteiger partial charge in [-0.1, -0.05) is 12.1 Å². The van der Waals surface area contributed by atoms with Crippen LogP contribution in [0.4, 0.5) is 0 Å². The van der Waals surface area contributed by atoms with Gasteiger partial charge in [0, 0.05) is 5.88 Å². The molecule has 16 heavy (non-hydrogen) atoms. The molecule has 0 aliphatic rings. The minimum Gasteiger partial charge on any atom is -0.490 e. The molecule has 0 aromatic heterocycles. The standard InChI is InChI=1S/C13H19ClO2/c1-2-15-12-8-4-5-9-13(12)16-11-7-3-6-10-14/h4-5,8-9H,2-3,6-7,10-11H2,1H3. The summed E-state index contributed by atoms with van der Waals surface area (Å²) in [5.74, 6) is 2.38. The Hall–Kier alpha value is -0.890. The second kappa shape index (κ2) is 8.28. The summed E-state index contributed by atoms with van der Waals surface area (Å²) in [6.07, 6.45) is 3.20. The fourth-order valence-electron chi connectivity index (χ4n) is 1.40. The second-order valence-electron chi connectivity index (χ2n) is 3.48. The normalized spacial score (nSPS) is 10.1. The van der Waals surface area contributed by atoms with Crippen molar-refractivity contribution in [1.29, 1.82) is 0 Å². The molecule has 0 heterocycles. The van der Waals surface area contributed by atoms with Crippen molar-refractivity contribution in [2.75, 3.05) is 19.1 Å². The molecule has 0 saturated heterocycles. The predicted molar refractivity (Wildman–Crippen MR) is 67.7 cm³/mol. The fraction of sp³-hybridized carbons (Fsp3) is 0.538. The number of halogens is 1. The molecule has 90 valence electrons. The molecule has 0 N–H and O–H groups in total. The monoisotopic (exact) mass is 242 g/mol.